The predicted molar refractivity (Wildman–Crippen MR) is 54.3 cm³/mol. The Morgan fingerprint density at radius 1 is 1.40 bits per heavy atom. The maximum atomic E-state index is 4.25. The summed E-state index contributed by atoms with van der Waals surface area (Å²) in [5, 5.41) is 10.8. The minimum atomic E-state index is 0.794. The summed E-state index contributed by atoms with van der Waals surface area (Å²) in [6.07, 6.45) is 4.58. The van der Waals surface area contributed by atoms with Gasteiger partial charge in [0.1, 0.15) is 6.33 Å². The van der Waals surface area contributed by atoms with Crippen LogP contribution in [-0.2, 0) is 0 Å². The summed E-state index contributed by atoms with van der Waals surface area (Å²) in [5.74, 6) is 0.794. The minimum Gasteiger partial charge on any atom is -0.365 e. The van der Waals surface area contributed by atoms with E-state index in [1.807, 2.05) is 10.9 Å². The van der Waals surface area contributed by atoms with Crippen LogP contribution in [0, 0.1) is 0 Å². The van der Waals surface area contributed by atoms with Crippen LogP contribution in [0.2, 0.25) is 0 Å². The first-order valence-electron chi connectivity index (χ1n) is 5.03. The van der Waals surface area contributed by atoms with Crippen molar-refractivity contribution in [3.63, 3.8) is 0 Å². The maximum absolute atomic E-state index is 4.25. The van der Waals surface area contributed by atoms with Crippen LogP contribution >= 0.6 is 0 Å². The molecule has 1 saturated heterocycles. The van der Waals surface area contributed by atoms with Crippen molar-refractivity contribution in [2.45, 2.75) is 6.42 Å². The summed E-state index contributed by atoms with van der Waals surface area (Å²) in [5.41, 5.74) is 3.66. The first kappa shape index (κ1) is 7.33. The van der Waals surface area contributed by atoms with E-state index < -0.39 is 0 Å². The molecule has 0 spiro atoms. The van der Waals surface area contributed by atoms with Crippen molar-refractivity contribution in [2.24, 2.45) is 0 Å². The lowest BCUT2D eigenvalue weighted by atomic mass is 10.3. The molecule has 6 heteroatoms. The Bertz CT molecular complexity index is 496. The molecule has 2 N–H and O–H groups in total. The number of rotatable bonds is 0. The zero-order valence-corrected chi connectivity index (χ0v) is 8.06. The average molecular weight is 202 g/mol. The van der Waals surface area contributed by atoms with Crippen molar-refractivity contribution in [3.8, 4) is 0 Å². The van der Waals surface area contributed by atoms with Crippen LogP contribution in [0.3, 0.4) is 0 Å². The molecule has 3 aliphatic rings. The Hall–Kier alpha value is -1.98. The summed E-state index contributed by atoms with van der Waals surface area (Å²) in [6, 6.07) is 0. The van der Waals surface area contributed by atoms with E-state index in [1.54, 1.807) is 6.33 Å². The van der Waals surface area contributed by atoms with E-state index in [-0.39, 0.29) is 0 Å². The monoisotopic (exact) mass is 202 g/mol. The van der Waals surface area contributed by atoms with Crippen LogP contribution in [0.5, 0.6) is 0 Å². The van der Waals surface area contributed by atoms with Crippen LogP contribution in [0.25, 0.3) is 5.70 Å². The van der Waals surface area contributed by atoms with Gasteiger partial charge in [0.2, 0.25) is 5.95 Å². The molecule has 76 valence electrons. The lowest BCUT2D eigenvalue weighted by Crippen LogP contribution is -2.18. The van der Waals surface area contributed by atoms with E-state index in [0.29, 0.717) is 0 Å². The van der Waals surface area contributed by atoms with Gasteiger partial charge in [-0.05, 0) is 0 Å². The van der Waals surface area contributed by atoms with Gasteiger partial charge in [0, 0.05) is 19.2 Å². The molecule has 1 aromatic rings. The smallest absolute Gasteiger partial charge is 0.229 e. The van der Waals surface area contributed by atoms with Crippen molar-refractivity contribution < 1.29 is 0 Å². The van der Waals surface area contributed by atoms with Crippen LogP contribution in [-0.4, -0.2) is 32.9 Å². The normalized spacial score (nSPS) is 21.6. The minimum absolute atomic E-state index is 0.794. The number of anilines is 1. The Labute approximate surface area is 86.3 Å². The Morgan fingerprint density at radius 3 is 3.40 bits per heavy atom. The fourth-order valence-corrected chi connectivity index (χ4v) is 2.40. The van der Waals surface area contributed by atoms with E-state index in [9.17, 15) is 0 Å². The number of hydrogen-bond donors (Lipinski definition) is 2. The number of aromatic nitrogens is 3. The summed E-state index contributed by atoms with van der Waals surface area (Å²) in [7, 11) is 0. The average Bonchev–Trinajstić information content (AvgIpc) is 2.88. The van der Waals surface area contributed by atoms with Gasteiger partial charge < -0.3 is 15.5 Å². The highest BCUT2D eigenvalue weighted by molar-refractivity contribution is 5.66. The van der Waals surface area contributed by atoms with Gasteiger partial charge in [-0.3, -0.25) is 0 Å². The van der Waals surface area contributed by atoms with Gasteiger partial charge in [0.15, 0.2) is 0 Å². The second kappa shape index (κ2) is 2.33. The van der Waals surface area contributed by atoms with Crippen LogP contribution in [0.1, 0.15) is 6.42 Å². The van der Waals surface area contributed by atoms with Crippen molar-refractivity contribution in [3.05, 3.63) is 23.9 Å². The molecule has 6 nitrogen and oxygen atoms in total. The van der Waals surface area contributed by atoms with Gasteiger partial charge >= 0.3 is 0 Å². The molecule has 0 saturated carbocycles. The van der Waals surface area contributed by atoms with Gasteiger partial charge in [-0.25, -0.2) is 4.68 Å². The second-order valence-corrected chi connectivity index (χ2v) is 3.84. The van der Waals surface area contributed by atoms with Gasteiger partial charge in [-0.1, -0.05) is 0 Å². The molecular formula is C9H10N6. The summed E-state index contributed by atoms with van der Waals surface area (Å²) < 4.78 is 1.89. The third-order valence-electron chi connectivity index (χ3n) is 3.07. The summed E-state index contributed by atoms with van der Waals surface area (Å²) >= 11 is 0. The lowest BCUT2D eigenvalue weighted by molar-refractivity contribution is 0.415. The highest BCUT2D eigenvalue weighted by Gasteiger charge is 2.33. The molecule has 1 aromatic heterocycles. The SMILES string of the molecule is C1=C2NCN3CCC(=C23)n2ncnc2N1. The number of nitrogens with one attached hydrogen (secondary N) is 2. The highest BCUT2D eigenvalue weighted by atomic mass is 15.4. The molecule has 0 unspecified atom stereocenters. The van der Waals surface area contributed by atoms with E-state index in [2.05, 4.69) is 25.6 Å². The van der Waals surface area contributed by atoms with E-state index in [1.165, 1.54) is 11.4 Å². The molecule has 0 bridgehead atoms. The lowest BCUT2D eigenvalue weighted by Gasteiger charge is -2.08. The third kappa shape index (κ3) is 0.793. The molecule has 0 atom stereocenters. The molecule has 0 amide bonds. The van der Waals surface area contributed by atoms with E-state index in [0.717, 1.165) is 31.3 Å². The number of hydrogen-bond acceptors (Lipinski definition) is 5. The highest BCUT2D eigenvalue weighted by Crippen LogP contribution is 2.36. The van der Waals surface area contributed by atoms with Gasteiger partial charge in [-0.15, -0.1) is 0 Å². The standard InChI is InChI=1S/C9H10N6/c1-2-14-5-12-6-3-10-9-11-4-13-15(9)7(1)8(6)14/h3-4,12H,1-2,5H2,(H,10,11,13). The van der Waals surface area contributed by atoms with E-state index >= 15 is 0 Å². The van der Waals surface area contributed by atoms with Crippen molar-refractivity contribution in [2.75, 3.05) is 18.5 Å². The molecule has 4 rings (SSSR count). The third-order valence-corrected chi connectivity index (χ3v) is 3.07. The first-order chi connectivity index (χ1) is 7.43. The molecule has 0 radical (unpaired) electrons. The zero-order chi connectivity index (χ0) is 9.83. The Kier molecular flexibility index (Phi) is 1.14. The molecule has 0 aliphatic carbocycles. The fourth-order valence-electron chi connectivity index (χ4n) is 2.40. The van der Waals surface area contributed by atoms with Crippen molar-refractivity contribution in [1.29, 1.82) is 0 Å². The number of nitrogens with zero attached hydrogens (tertiary/aromatic N) is 4. The Morgan fingerprint density at radius 2 is 2.40 bits per heavy atom. The quantitative estimate of drug-likeness (QED) is 0.619. The topological polar surface area (TPSA) is 58.0 Å². The fraction of sp³-hybridized carbons (Fsp3) is 0.333. The van der Waals surface area contributed by atoms with Crippen LogP contribution < -0.4 is 10.6 Å². The molecular weight excluding hydrogens is 192 g/mol. The Balaban J connectivity index is 2.01. The van der Waals surface area contributed by atoms with Crippen LogP contribution in [0.4, 0.5) is 5.95 Å². The first-order valence-corrected chi connectivity index (χ1v) is 5.03. The molecule has 4 heterocycles. The second-order valence-electron chi connectivity index (χ2n) is 3.84. The van der Waals surface area contributed by atoms with Crippen LogP contribution in [0.15, 0.2) is 23.9 Å². The van der Waals surface area contributed by atoms with Gasteiger partial charge in [-0.2, -0.15) is 10.1 Å². The van der Waals surface area contributed by atoms with Gasteiger partial charge in [0.25, 0.3) is 0 Å². The largest absolute Gasteiger partial charge is 0.365 e. The summed E-state index contributed by atoms with van der Waals surface area (Å²) in [6.45, 7) is 1.96. The molecule has 15 heavy (non-hydrogen) atoms. The predicted octanol–water partition coefficient (Wildman–Crippen LogP) is -0.0200. The summed E-state index contributed by atoms with van der Waals surface area (Å²) in [4.78, 5) is 6.51. The van der Waals surface area contributed by atoms with Gasteiger partial charge in [0.05, 0.1) is 23.8 Å². The zero-order valence-electron chi connectivity index (χ0n) is 8.06. The number of fused-ring (bicyclic) bond motifs is 2. The van der Waals surface area contributed by atoms with Crippen molar-refractivity contribution in [1.82, 2.24) is 25.0 Å². The van der Waals surface area contributed by atoms with E-state index in [4.69, 9.17) is 0 Å². The van der Waals surface area contributed by atoms with Crippen molar-refractivity contribution >= 4 is 11.6 Å². The maximum Gasteiger partial charge on any atom is 0.229 e. The molecule has 3 aliphatic heterocycles. The molecule has 0 aromatic carbocycles. The molecule has 1 fully saturated rings.